The molecule has 2 aliphatic rings. The van der Waals surface area contributed by atoms with Crippen molar-refractivity contribution in [2.45, 2.75) is 52.1 Å². The number of piperidine rings is 2. The molecule has 23 heavy (non-hydrogen) atoms. The molecule has 0 radical (unpaired) electrons. The zero-order chi connectivity index (χ0) is 17.3. The number of rotatable bonds is 2. The van der Waals surface area contributed by atoms with E-state index in [0.717, 1.165) is 32.5 Å². The van der Waals surface area contributed by atoms with Gasteiger partial charge in [0.25, 0.3) is 0 Å². The zero-order valence-corrected chi connectivity index (χ0v) is 14.9. The Morgan fingerprint density at radius 2 is 1.87 bits per heavy atom. The molecule has 0 aromatic carbocycles. The van der Waals surface area contributed by atoms with Crippen molar-refractivity contribution >= 4 is 6.09 Å². The number of nitrogens with zero attached hydrogens (tertiary/aromatic N) is 1. The number of nitrogens with one attached hydrogen (secondary N) is 1. The Kier molecular flexibility index (Phi) is 8.87. The van der Waals surface area contributed by atoms with Crippen LogP contribution < -0.4 is 5.32 Å². The van der Waals surface area contributed by atoms with Crippen LogP contribution in [0.25, 0.3) is 0 Å². The lowest BCUT2D eigenvalue weighted by atomic mass is 9.99. The van der Waals surface area contributed by atoms with Gasteiger partial charge in [0.2, 0.25) is 0 Å². The fourth-order valence-corrected chi connectivity index (χ4v) is 2.79. The Labute approximate surface area is 141 Å². The maximum Gasteiger partial charge on any atom is 0.410 e. The predicted octanol–water partition coefficient (Wildman–Crippen LogP) is 1.85. The first-order chi connectivity index (χ1) is 10.9. The molecule has 138 valence electrons. The van der Waals surface area contributed by atoms with E-state index in [4.69, 9.17) is 14.9 Å². The number of carbonyl (C=O) groups is 1. The van der Waals surface area contributed by atoms with Gasteiger partial charge < -0.3 is 25.2 Å². The van der Waals surface area contributed by atoms with Crippen molar-refractivity contribution in [2.75, 3.05) is 39.4 Å². The molecule has 2 saturated heterocycles. The fraction of sp³-hybridized carbons (Fsp3) is 0.941. The zero-order valence-electron chi connectivity index (χ0n) is 14.9. The molecule has 0 spiro atoms. The highest BCUT2D eigenvalue weighted by atomic mass is 16.6. The molecule has 0 aromatic heterocycles. The normalized spacial score (nSPS) is 25.3. The van der Waals surface area contributed by atoms with Gasteiger partial charge in [-0.3, -0.25) is 0 Å². The first-order valence-electron chi connectivity index (χ1n) is 8.76. The summed E-state index contributed by atoms with van der Waals surface area (Å²) in [5.74, 6) is 0.745. The second-order valence-electron chi connectivity index (χ2n) is 7.51. The van der Waals surface area contributed by atoms with Crippen molar-refractivity contribution in [1.82, 2.24) is 10.2 Å². The van der Waals surface area contributed by atoms with Crippen molar-refractivity contribution in [2.24, 2.45) is 11.8 Å². The number of carbonyl (C=O) groups excluding carboxylic acids is 1. The molecule has 3 N–H and O–H groups in total. The van der Waals surface area contributed by atoms with Crippen LogP contribution in [-0.2, 0) is 4.74 Å². The minimum atomic E-state index is -0.441. The van der Waals surface area contributed by atoms with Crippen molar-refractivity contribution in [3.05, 3.63) is 0 Å². The molecular formula is C17H36N2O4. The number of aliphatic hydroxyl groups is 2. The summed E-state index contributed by atoms with van der Waals surface area (Å²) < 4.78 is 5.28. The molecule has 0 aromatic rings. The van der Waals surface area contributed by atoms with Gasteiger partial charge in [-0.1, -0.05) is 0 Å². The van der Waals surface area contributed by atoms with Gasteiger partial charge >= 0.3 is 6.09 Å². The molecule has 2 rings (SSSR count). The number of likely N-dealkylation sites (tertiary alicyclic amines) is 1. The number of amides is 1. The van der Waals surface area contributed by atoms with Crippen LogP contribution in [-0.4, -0.2) is 66.2 Å². The highest BCUT2D eigenvalue weighted by molar-refractivity contribution is 5.68. The quantitative estimate of drug-likeness (QED) is 0.719. The monoisotopic (exact) mass is 332 g/mol. The summed E-state index contributed by atoms with van der Waals surface area (Å²) in [4.78, 5) is 13.4. The van der Waals surface area contributed by atoms with Crippen LogP contribution in [0.15, 0.2) is 0 Å². The van der Waals surface area contributed by atoms with Crippen LogP contribution in [0.1, 0.15) is 47.9 Å². The van der Waals surface area contributed by atoms with Crippen molar-refractivity contribution < 1.29 is 21.2 Å². The van der Waals surface area contributed by atoms with E-state index in [1.165, 1.54) is 12.8 Å². The van der Waals surface area contributed by atoms with Gasteiger partial charge in [0.1, 0.15) is 5.60 Å². The van der Waals surface area contributed by atoms with Gasteiger partial charge in [-0.05, 0) is 64.8 Å². The van der Waals surface area contributed by atoms with E-state index in [1.54, 1.807) is 4.90 Å². The summed E-state index contributed by atoms with van der Waals surface area (Å²) in [5.41, 5.74) is -0.441. The lowest BCUT2D eigenvalue weighted by Crippen LogP contribution is -2.43. The molecule has 2 fully saturated rings. The maximum absolute atomic E-state index is 11.7. The molecule has 2 aliphatic heterocycles. The Bertz CT molecular complexity index is 344. The Morgan fingerprint density at radius 1 is 1.22 bits per heavy atom. The summed E-state index contributed by atoms with van der Waals surface area (Å²) >= 11 is 0. The number of hydrogen-bond acceptors (Lipinski definition) is 5. The van der Waals surface area contributed by atoms with Gasteiger partial charge in [-0.2, -0.15) is 0 Å². The highest BCUT2D eigenvalue weighted by Crippen LogP contribution is 2.18. The summed E-state index contributed by atoms with van der Waals surface area (Å²) in [7, 11) is 0. The van der Waals surface area contributed by atoms with E-state index in [0.29, 0.717) is 19.1 Å². The average molecular weight is 332 g/mol. The Morgan fingerprint density at radius 3 is 2.35 bits per heavy atom. The second kappa shape index (κ2) is 10.1. The van der Waals surface area contributed by atoms with E-state index in [2.05, 4.69) is 5.32 Å². The molecule has 1 amide bonds. The second-order valence-corrected chi connectivity index (χ2v) is 7.51. The minimum absolute atomic E-state index is 0. The summed E-state index contributed by atoms with van der Waals surface area (Å²) in [5, 5.41) is 20.9. The lowest BCUT2D eigenvalue weighted by molar-refractivity contribution is 0.0132. The van der Waals surface area contributed by atoms with Crippen molar-refractivity contribution in [3.8, 4) is 0 Å². The molecule has 0 saturated carbocycles. The summed E-state index contributed by atoms with van der Waals surface area (Å²) in [6, 6.07) is 0. The van der Waals surface area contributed by atoms with E-state index in [1.807, 2.05) is 20.8 Å². The van der Waals surface area contributed by atoms with Crippen molar-refractivity contribution in [3.63, 3.8) is 0 Å². The number of hydrogen-bond donors (Lipinski definition) is 3. The molecule has 2 heterocycles. The van der Waals surface area contributed by atoms with Crippen molar-refractivity contribution in [1.29, 1.82) is 0 Å². The highest BCUT2D eigenvalue weighted by Gasteiger charge is 2.27. The SMILES string of the molecule is CC(C)(C)OC(=O)N1CCC[C@H](CO)C1.OC[C@H]1CCCNC1.[HH]. The summed E-state index contributed by atoms with van der Waals surface area (Å²) in [6.07, 6.45) is 4.11. The Hall–Kier alpha value is -0.850. The molecule has 2 atom stereocenters. The fourth-order valence-electron chi connectivity index (χ4n) is 2.79. The molecule has 6 heteroatoms. The third kappa shape index (κ3) is 8.53. The summed E-state index contributed by atoms with van der Waals surface area (Å²) in [6.45, 7) is 9.59. The lowest BCUT2D eigenvalue weighted by Gasteiger charge is -2.33. The molecular weight excluding hydrogens is 296 g/mol. The largest absolute Gasteiger partial charge is 0.444 e. The van der Waals surface area contributed by atoms with Gasteiger partial charge in [-0.25, -0.2) is 4.79 Å². The number of aliphatic hydroxyl groups excluding tert-OH is 2. The van der Waals surface area contributed by atoms with Gasteiger partial charge in [0.05, 0.1) is 0 Å². The third-order valence-electron chi connectivity index (χ3n) is 4.09. The van der Waals surface area contributed by atoms with Gasteiger partial charge in [0.15, 0.2) is 0 Å². The maximum atomic E-state index is 11.7. The third-order valence-corrected chi connectivity index (χ3v) is 4.09. The van der Waals surface area contributed by atoms with Gasteiger partial charge in [-0.15, -0.1) is 0 Å². The van der Waals surface area contributed by atoms with E-state index >= 15 is 0 Å². The standard InChI is InChI=1S/C11H21NO3.C6H13NO.H2/c1-11(2,3)15-10(14)12-6-4-5-9(7-12)8-13;8-5-6-2-1-3-7-4-6;/h9,13H,4-8H2,1-3H3;6-8H,1-5H2;1H/t9-;6-;/m00./s1. The number of ether oxygens (including phenoxy) is 1. The van der Waals surface area contributed by atoms with Crippen LogP contribution in [0.2, 0.25) is 0 Å². The van der Waals surface area contributed by atoms with E-state index in [-0.39, 0.29) is 20.0 Å². The smallest absolute Gasteiger partial charge is 0.410 e. The van der Waals surface area contributed by atoms with Gasteiger partial charge in [0, 0.05) is 34.3 Å². The van der Waals surface area contributed by atoms with Crippen LogP contribution >= 0.6 is 0 Å². The van der Waals surface area contributed by atoms with Crippen LogP contribution in [0.5, 0.6) is 0 Å². The van der Waals surface area contributed by atoms with Crippen LogP contribution in [0.4, 0.5) is 4.79 Å². The molecule has 6 nitrogen and oxygen atoms in total. The first-order valence-corrected chi connectivity index (χ1v) is 8.76. The van der Waals surface area contributed by atoms with Crippen LogP contribution in [0.3, 0.4) is 0 Å². The van der Waals surface area contributed by atoms with E-state index < -0.39 is 5.60 Å². The molecule has 0 aliphatic carbocycles. The molecule has 0 bridgehead atoms. The predicted molar refractivity (Wildman–Crippen MR) is 92.4 cm³/mol. The molecule has 0 unspecified atom stereocenters. The Balaban J connectivity index is 0.000000498. The first kappa shape index (κ1) is 20.2. The minimum Gasteiger partial charge on any atom is -0.444 e. The average Bonchev–Trinajstić information content (AvgIpc) is 2.54. The topological polar surface area (TPSA) is 82.0 Å². The van der Waals surface area contributed by atoms with E-state index in [9.17, 15) is 4.79 Å². The van der Waals surface area contributed by atoms with Crippen LogP contribution in [0, 0.1) is 11.8 Å².